The summed E-state index contributed by atoms with van der Waals surface area (Å²) < 4.78 is 0.620. The van der Waals surface area contributed by atoms with Crippen LogP contribution in [0.2, 0.25) is 0 Å². The summed E-state index contributed by atoms with van der Waals surface area (Å²) in [4.78, 5) is 0.693. The van der Waals surface area contributed by atoms with Gasteiger partial charge in [0.25, 0.3) is 0 Å². The molecule has 0 amide bonds. The van der Waals surface area contributed by atoms with Crippen LogP contribution in [0.15, 0.2) is 0 Å². The molecule has 0 aromatic rings. The molecule has 4 heteroatoms. The molecule has 0 radical (unpaired) electrons. The molecule has 4 rings (SSSR count). The Bertz CT molecular complexity index is 257. The first-order valence-corrected chi connectivity index (χ1v) is 8.44. The molecule has 0 nitrogen and oxygen atoms in total. The third kappa shape index (κ3) is 1.32. The fourth-order valence-corrected chi connectivity index (χ4v) is 7.06. The van der Waals surface area contributed by atoms with Crippen molar-refractivity contribution in [2.24, 2.45) is 17.8 Å². The smallest absolute Gasteiger partial charge is 0.0862 e. The summed E-state index contributed by atoms with van der Waals surface area (Å²) >= 11 is 15.7. The Balaban J connectivity index is 2.00. The van der Waals surface area contributed by atoms with E-state index in [1.807, 2.05) is 0 Å². The third-order valence-corrected chi connectivity index (χ3v) is 10.3. The zero-order valence-corrected chi connectivity index (χ0v) is 14.0. The Kier molecular flexibility index (Phi) is 2.55. The highest BCUT2D eigenvalue weighted by atomic mass is 79.9. The zero-order valence-electron chi connectivity index (χ0n) is 7.65. The zero-order chi connectivity index (χ0) is 10.1. The number of hydrogen-bond acceptors (Lipinski definition) is 0. The Hall–Kier alpha value is 1.92. The van der Waals surface area contributed by atoms with Crippen LogP contribution < -0.4 is 0 Å². The summed E-state index contributed by atoms with van der Waals surface area (Å²) in [7, 11) is 0. The van der Waals surface area contributed by atoms with Gasteiger partial charge in [0, 0.05) is 9.15 Å². The predicted octanol–water partition coefficient (Wildman–Crippen LogP) is 4.82. The van der Waals surface area contributed by atoms with Gasteiger partial charge >= 0.3 is 0 Å². The first-order valence-electron chi connectivity index (χ1n) is 5.14. The van der Waals surface area contributed by atoms with Gasteiger partial charge in [-0.15, -0.1) is 0 Å². The van der Waals surface area contributed by atoms with E-state index < -0.39 is 0 Å². The van der Waals surface area contributed by atoms with Crippen molar-refractivity contribution in [1.82, 2.24) is 0 Å². The van der Waals surface area contributed by atoms with Crippen molar-refractivity contribution in [2.75, 3.05) is 0 Å². The van der Waals surface area contributed by atoms with Gasteiger partial charge in [-0.2, -0.15) is 0 Å². The summed E-state index contributed by atoms with van der Waals surface area (Å²) in [6, 6.07) is 0. The van der Waals surface area contributed by atoms with Gasteiger partial charge in [-0.05, 0) is 43.4 Å². The first kappa shape index (κ1) is 11.0. The van der Waals surface area contributed by atoms with Crippen LogP contribution in [0.4, 0.5) is 0 Å². The fourth-order valence-electron chi connectivity index (χ4n) is 3.70. The van der Waals surface area contributed by atoms with Crippen molar-refractivity contribution in [3.63, 3.8) is 0 Å². The van der Waals surface area contributed by atoms with Crippen LogP contribution in [0.3, 0.4) is 0 Å². The van der Waals surface area contributed by atoms with E-state index in [1.165, 1.54) is 25.7 Å². The van der Waals surface area contributed by atoms with Gasteiger partial charge in [0.15, 0.2) is 0 Å². The molecule has 4 fully saturated rings. The molecule has 0 aliphatic heterocycles. The first-order chi connectivity index (χ1) is 6.43. The molecule has 3 unspecified atom stereocenters. The average Bonchev–Trinajstić information content (AvgIpc) is 2.05. The molecule has 5 atom stereocenters. The summed E-state index contributed by atoms with van der Waals surface area (Å²) in [5.41, 5.74) is 0. The maximum absolute atomic E-state index is 3.99. The molecule has 0 heterocycles. The van der Waals surface area contributed by atoms with Crippen molar-refractivity contribution in [3.05, 3.63) is 0 Å². The maximum atomic E-state index is 3.99. The Morgan fingerprint density at radius 3 is 1.86 bits per heavy atom. The van der Waals surface area contributed by atoms with Gasteiger partial charge in [0.1, 0.15) is 0 Å². The second kappa shape index (κ2) is 3.23. The van der Waals surface area contributed by atoms with E-state index in [1.54, 1.807) is 0 Å². The van der Waals surface area contributed by atoms with Crippen molar-refractivity contribution in [2.45, 2.75) is 38.1 Å². The van der Waals surface area contributed by atoms with Crippen molar-refractivity contribution in [1.29, 1.82) is 0 Å². The van der Waals surface area contributed by atoms with Crippen LogP contribution >= 0.6 is 63.7 Å². The van der Waals surface area contributed by atoms with E-state index in [0.717, 1.165) is 17.8 Å². The number of alkyl halides is 4. The van der Waals surface area contributed by atoms with E-state index in [-0.39, 0.29) is 3.23 Å². The highest BCUT2D eigenvalue weighted by Gasteiger charge is 2.63. The number of rotatable bonds is 0. The summed E-state index contributed by atoms with van der Waals surface area (Å²) in [5.74, 6) is 2.48. The largest absolute Gasteiger partial charge is 0.0872 e. The Morgan fingerprint density at radius 1 is 0.929 bits per heavy atom. The average molecular weight is 452 g/mol. The molecule has 0 aromatic carbocycles. The number of hydrogen-bond donors (Lipinski definition) is 0. The topological polar surface area (TPSA) is 0 Å². The second-order valence-electron chi connectivity index (χ2n) is 5.14. The lowest BCUT2D eigenvalue weighted by molar-refractivity contribution is 0.0502. The van der Waals surface area contributed by atoms with E-state index in [4.69, 9.17) is 0 Å². The Labute approximate surface area is 118 Å². The van der Waals surface area contributed by atoms with E-state index in [9.17, 15) is 0 Å². The molecule has 0 spiro atoms. The van der Waals surface area contributed by atoms with Crippen LogP contribution in [0.25, 0.3) is 0 Å². The lowest BCUT2D eigenvalue weighted by atomic mass is 9.56. The van der Waals surface area contributed by atoms with Crippen LogP contribution in [0.5, 0.6) is 0 Å². The molecule has 0 N–H and O–H groups in total. The summed E-state index contributed by atoms with van der Waals surface area (Å²) in [6.45, 7) is 0. The minimum absolute atomic E-state index is 0.237. The lowest BCUT2D eigenvalue weighted by Gasteiger charge is -2.62. The van der Waals surface area contributed by atoms with Crippen molar-refractivity contribution in [3.8, 4) is 0 Å². The molecule has 0 saturated heterocycles. The highest BCUT2D eigenvalue weighted by Crippen LogP contribution is 2.68. The molecule has 4 aliphatic carbocycles. The van der Waals surface area contributed by atoms with Gasteiger partial charge in [0.2, 0.25) is 0 Å². The molecule has 4 aliphatic rings. The molecule has 14 heavy (non-hydrogen) atoms. The molecule has 80 valence electrons. The van der Waals surface area contributed by atoms with Crippen LogP contribution in [0, 0.1) is 17.8 Å². The minimum atomic E-state index is 0.237. The van der Waals surface area contributed by atoms with Crippen molar-refractivity contribution >= 4 is 63.7 Å². The van der Waals surface area contributed by atoms with Gasteiger partial charge < -0.3 is 0 Å². The van der Waals surface area contributed by atoms with E-state index in [2.05, 4.69) is 63.7 Å². The molecule has 4 saturated carbocycles. The van der Waals surface area contributed by atoms with Crippen LogP contribution in [0.1, 0.15) is 25.7 Å². The van der Waals surface area contributed by atoms with Crippen LogP contribution in [-0.4, -0.2) is 12.4 Å². The van der Waals surface area contributed by atoms with Gasteiger partial charge in [0.05, 0.1) is 3.23 Å². The molecular formula is C10H12Br4. The monoisotopic (exact) mass is 448 g/mol. The van der Waals surface area contributed by atoms with Gasteiger partial charge in [-0.25, -0.2) is 0 Å². The fraction of sp³-hybridized carbons (Fsp3) is 1.00. The Morgan fingerprint density at radius 2 is 1.43 bits per heavy atom. The van der Waals surface area contributed by atoms with Gasteiger partial charge in [-0.3, -0.25) is 0 Å². The minimum Gasteiger partial charge on any atom is -0.0872 e. The second-order valence-corrected chi connectivity index (χ2v) is 11.4. The predicted molar refractivity (Wildman–Crippen MR) is 73.9 cm³/mol. The van der Waals surface area contributed by atoms with Gasteiger partial charge in [-0.1, -0.05) is 63.7 Å². The molecule has 4 bridgehead atoms. The van der Waals surface area contributed by atoms with E-state index in [0.29, 0.717) is 9.15 Å². The lowest BCUT2D eigenvalue weighted by Crippen LogP contribution is -2.61. The standard InChI is InChI=1S/C10H12Br4/c11-8-5-1-6-3-9(8,12)4-7(2-5)10(6,13)14/h5-8H,1-4H2/t5?,6-,7+,8?,9?. The normalized spacial score (nSPS) is 59.1. The third-order valence-electron chi connectivity index (χ3n) is 4.34. The maximum Gasteiger partial charge on any atom is 0.0862 e. The SMILES string of the molecule is BrC1C2C[C@@H]3CC1(Br)C[C@H](C2)C3(Br)Br. The highest BCUT2D eigenvalue weighted by molar-refractivity contribution is 9.25. The summed E-state index contributed by atoms with van der Waals surface area (Å²) in [6.07, 6.45) is 5.34. The summed E-state index contributed by atoms with van der Waals surface area (Å²) in [5, 5.41) is 0. The quantitative estimate of drug-likeness (QED) is 0.463. The van der Waals surface area contributed by atoms with Crippen LogP contribution in [-0.2, 0) is 0 Å². The van der Waals surface area contributed by atoms with Crippen molar-refractivity contribution < 1.29 is 0 Å². The molecule has 0 aromatic heterocycles. The number of halogens is 4. The molecular weight excluding hydrogens is 440 g/mol. The van der Waals surface area contributed by atoms with E-state index >= 15 is 0 Å².